The third kappa shape index (κ3) is 4.42. The summed E-state index contributed by atoms with van der Waals surface area (Å²) >= 11 is 0. The van der Waals surface area contributed by atoms with Crippen LogP contribution >= 0.6 is 0 Å². The van der Waals surface area contributed by atoms with Gasteiger partial charge in [0.2, 0.25) is 5.91 Å². The molecule has 0 aromatic rings. The summed E-state index contributed by atoms with van der Waals surface area (Å²) in [5, 5.41) is 0. The van der Waals surface area contributed by atoms with Crippen molar-refractivity contribution in [3.8, 4) is 0 Å². The van der Waals surface area contributed by atoms with E-state index >= 15 is 0 Å². The average molecular weight is 198 g/mol. The van der Waals surface area contributed by atoms with Crippen molar-refractivity contribution in [3.05, 3.63) is 12.7 Å². The van der Waals surface area contributed by atoms with Crippen molar-refractivity contribution < 1.29 is 4.79 Å². The number of carbonyl (C=O) groups excluding carboxylic acids is 1. The average Bonchev–Trinajstić information content (AvgIpc) is 2.19. The highest BCUT2D eigenvalue weighted by Gasteiger charge is 2.17. The molecular formula is C11H22N2O. The van der Waals surface area contributed by atoms with Crippen LogP contribution in [0.2, 0.25) is 0 Å². The van der Waals surface area contributed by atoms with Gasteiger partial charge < -0.3 is 10.6 Å². The Kier molecular flexibility index (Phi) is 7.11. The van der Waals surface area contributed by atoms with Crippen LogP contribution in [0.5, 0.6) is 0 Å². The lowest BCUT2D eigenvalue weighted by Crippen LogP contribution is -2.36. The second kappa shape index (κ2) is 7.56. The van der Waals surface area contributed by atoms with Crippen molar-refractivity contribution in [1.29, 1.82) is 0 Å². The first-order valence-corrected chi connectivity index (χ1v) is 5.23. The summed E-state index contributed by atoms with van der Waals surface area (Å²) in [4.78, 5) is 13.5. The van der Waals surface area contributed by atoms with Crippen molar-refractivity contribution in [2.75, 3.05) is 20.1 Å². The third-order valence-electron chi connectivity index (χ3n) is 2.40. The standard InChI is InChI=1S/C11H22N2O/c1-4-6-7-8-13(3)11(14)10(5-2)9-12/h4,10H,1,5-9,12H2,2-3H3. The molecule has 1 unspecified atom stereocenters. The zero-order chi connectivity index (χ0) is 11.0. The van der Waals surface area contributed by atoms with E-state index in [0.717, 1.165) is 25.8 Å². The topological polar surface area (TPSA) is 46.3 Å². The minimum absolute atomic E-state index is 0.0104. The molecule has 0 fully saturated rings. The fourth-order valence-corrected chi connectivity index (χ4v) is 1.34. The summed E-state index contributed by atoms with van der Waals surface area (Å²) in [6, 6.07) is 0. The molecule has 0 heterocycles. The SMILES string of the molecule is C=CCCCN(C)C(=O)C(CC)CN. The molecule has 0 saturated carbocycles. The van der Waals surface area contributed by atoms with E-state index in [-0.39, 0.29) is 11.8 Å². The largest absolute Gasteiger partial charge is 0.345 e. The predicted octanol–water partition coefficient (Wildman–Crippen LogP) is 1.40. The fourth-order valence-electron chi connectivity index (χ4n) is 1.34. The molecule has 14 heavy (non-hydrogen) atoms. The number of nitrogens with zero attached hydrogens (tertiary/aromatic N) is 1. The lowest BCUT2D eigenvalue weighted by molar-refractivity contribution is -0.134. The zero-order valence-corrected chi connectivity index (χ0v) is 9.33. The van der Waals surface area contributed by atoms with Gasteiger partial charge >= 0.3 is 0 Å². The molecule has 82 valence electrons. The Hall–Kier alpha value is -0.830. The van der Waals surface area contributed by atoms with Gasteiger partial charge in [0, 0.05) is 20.1 Å². The van der Waals surface area contributed by atoms with Gasteiger partial charge in [-0.25, -0.2) is 0 Å². The van der Waals surface area contributed by atoms with Gasteiger partial charge in [-0.15, -0.1) is 6.58 Å². The number of rotatable bonds is 7. The van der Waals surface area contributed by atoms with Gasteiger partial charge in [-0.3, -0.25) is 4.79 Å². The first-order chi connectivity index (χ1) is 6.67. The lowest BCUT2D eigenvalue weighted by Gasteiger charge is -2.21. The van der Waals surface area contributed by atoms with Crippen LogP contribution < -0.4 is 5.73 Å². The van der Waals surface area contributed by atoms with Gasteiger partial charge in [0.15, 0.2) is 0 Å². The number of unbranched alkanes of at least 4 members (excludes halogenated alkanes) is 1. The van der Waals surface area contributed by atoms with Crippen molar-refractivity contribution in [2.45, 2.75) is 26.2 Å². The molecule has 0 aromatic heterocycles. The summed E-state index contributed by atoms with van der Waals surface area (Å²) in [6.45, 7) is 6.88. The molecule has 2 N–H and O–H groups in total. The maximum atomic E-state index is 11.7. The van der Waals surface area contributed by atoms with Crippen molar-refractivity contribution >= 4 is 5.91 Å². The number of hydrogen-bond donors (Lipinski definition) is 1. The Morgan fingerprint density at radius 2 is 2.29 bits per heavy atom. The molecule has 3 nitrogen and oxygen atoms in total. The Morgan fingerprint density at radius 1 is 1.64 bits per heavy atom. The second-order valence-corrected chi connectivity index (χ2v) is 3.53. The molecule has 0 spiro atoms. The van der Waals surface area contributed by atoms with E-state index in [0.29, 0.717) is 6.54 Å². The summed E-state index contributed by atoms with van der Waals surface area (Å²) < 4.78 is 0. The number of carbonyl (C=O) groups is 1. The summed E-state index contributed by atoms with van der Waals surface area (Å²) in [5.41, 5.74) is 5.51. The number of nitrogens with two attached hydrogens (primary N) is 1. The Labute approximate surface area is 87.0 Å². The van der Waals surface area contributed by atoms with Gasteiger partial charge in [-0.05, 0) is 19.3 Å². The molecule has 1 atom stereocenters. The molecule has 0 radical (unpaired) electrons. The van der Waals surface area contributed by atoms with E-state index in [4.69, 9.17) is 5.73 Å². The van der Waals surface area contributed by atoms with Crippen LogP contribution in [0.15, 0.2) is 12.7 Å². The van der Waals surface area contributed by atoms with Gasteiger partial charge in [0.1, 0.15) is 0 Å². The van der Waals surface area contributed by atoms with Crippen LogP contribution in [-0.2, 0) is 4.79 Å². The van der Waals surface area contributed by atoms with Gasteiger partial charge in [0.05, 0.1) is 5.92 Å². The predicted molar refractivity (Wildman–Crippen MR) is 59.9 cm³/mol. The Bertz CT molecular complexity index is 176. The minimum Gasteiger partial charge on any atom is -0.345 e. The molecule has 0 aliphatic heterocycles. The summed E-state index contributed by atoms with van der Waals surface area (Å²) in [6.07, 6.45) is 4.63. The third-order valence-corrected chi connectivity index (χ3v) is 2.40. The molecule has 0 aromatic carbocycles. The van der Waals surface area contributed by atoms with Crippen molar-refractivity contribution in [3.63, 3.8) is 0 Å². The normalized spacial score (nSPS) is 12.2. The van der Waals surface area contributed by atoms with E-state index < -0.39 is 0 Å². The van der Waals surface area contributed by atoms with Crippen LogP contribution in [-0.4, -0.2) is 30.9 Å². The van der Waals surface area contributed by atoms with Crippen molar-refractivity contribution in [2.24, 2.45) is 11.7 Å². The molecule has 0 aliphatic rings. The Balaban J connectivity index is 3.90. The van der Waals surface area contributed by atoms with Crippen LogP contribution in [0.3, 0.4) is 0 Å². The lowest BCUT2D eigenvalue weighted by atomic mass is 10.1. The van der Waals surface area contributed by atoms with E-state index in [1.807, 2.05) is 20.0 Å². The van der Waals surface area contributed by atoms with E-state index in [1.165, 1.54) is 0 Å². The van der Waals surface area contributed by atoms with E-state index in [9.17, 15) is 4.79 Å². The first kappa shape index (κ1) is 13.2. The maximum absolute atomic E-state index is 11.7. The highest BCUT2D eigenvalue weighted by atomic mass is 16.2. The molecule has 0 saturated heterocycles. The van der Waals surface area contributed by atoms with Crippen molar-refractivity contribution in [1.82, 2.24) is 4.90 Å². The van der Waals surface area contributed by atoms with Crippen LogP contribution in [0.4, 0.5) is 0 Å². The summed E-state index contributed by atoms with van der Waals surface area (Å²) in [7, 11) is 1.84. The zero-order valence-electron chi connectivity index (χ0n) is 9.33. The Morgan fingerprint density at radius 3 is 2.71 bits per heavy atom. The van der Waals surface area contributed by atoms with Gasteiger partial charge in [-0.2, -0.15) is 0 Å². The van der Waals surface area contributed by atoms with Crippen LogP contribution in [0, 0.1) is 5.92 Å². The molecular weight excluding hydrogens is 176 g/mol. The first-order valence-electron chi connectivity index (χ1n) is 5.23. The smallest absolute Gasteiger partial charge is 0.226 e. The van der Waals surface area contributed by atoms with Gasteiger partial charge in [-0.1, -0.05) is 13.0 Å². The number of allylic oxidation sites excluding steroid dienone is 1. The minimum atomic E-state index is -0.0104. The second-order valence-electron chi connectivity index (χ2n) is 3.53. The monoisotopic (exact) mass is 198 g/mol. The van der Waals surface area contributed by atoms with Crippen LogP contribution in [0.1, 0.15) is 26.2 Å². The molecule has 0 bridgehead atoms. The van der Waals surface area contributed by atoms with E-state index in [2.05, 4.69) is 6.58 Å². The highest BCUT2D eigenvalue weighted by Crippen LogP contribution is 2.05. The quantitative estimate of drug-likeness (QED) is 0.496. The summed E-state index contributed by atoms with van der Waals surface area (Å²) in [5.74, 6) is 0.155. The van der Waals surface area contributed by atoms with Crippen LogP contribution in [0.25, 0.3) is 0 Å². The molecule has 3 heteroatoms. The number of amides is 1. The highest BCUT2D eigenvalue weighted by molar-refractivity contribution is 5.78. The molecule has 1 amide bonds. The van der Waals surface area contributed by atoms with Gasteiger partial charge in [0.25, 0.3) is 0 Å². The number of hydrogen-bond acceptors (Lipinski definition) is 2. The molecule has 0 aliphatic carbocycles. The van der Waals surface area contributed by atoms with E-state index in [1.54, 1.807) is 4.90 Å². The fraction of sp³-hybridized carbons (Fsp3) is 0.727. The molecule has 0 rings (SSSR count). The maximum Gasteiger partial charge on any atom is 0.226 e.